The second kappa shape index (κ2) is 6.61. The number of hydrogen-bond donors (Lipinski definition) is 4. The number of anilines is 1. The number of nitrogens with one attached hydrogen (secondary N) is 4. The van der Waals surface area contributed by atoms with Crippen molar-refractivity contribution in [1.82, 2.24) is 11.0 Å². The normalized spacial score (nSPS) is 11.2. The molecule has 0 bridgehead atoms. The Morgan fingerprint density at radius 1 is 0.913 bits per heavy atom. The van der Waals surface area contributed by atoms with E-state index in [1.54, 1.807) is 0 Å². The van der Waals surface area contributed by atoms with Crippen LogP contribution in [0.2, 0.25) is 0 Å². The summed E-state index contributed by atoms with van der Waals surface area (Å²) in [6, 6.07) is 7.67. The number of amidine groups is 1. The number of hydrogen-bond acceptors (Lipinski definition) is 3. The minimum atomic E-state index is -4.57. The Morgan fingerprint density at radius 2 is 1.52 bits per heavy atom. The van der Waals surface area contributed by atoms with Gasteiger partial charge < -0.3 is 5.43 Å². The van der Waals surface area contributed by atoms with Crippen LogP contribution in [0.25, 0.3) is 0 Å². The second-order valence-electron chi connectivity index (χ2n) is 4.39. The van der Waals surface area contributed by atoms with Crippen LogP contribution in [-0.2, 0) is 6.18 Å². The Morgan fingerprint density at radius 3 is 2.13 bits per heavy atom. The number of benzene rings is 2. The summed E-state index contributed by atoms with van der Waals surface area (Å²) in [6.45, 7) is 0. The van der Waals surface area contributed by atoms with Crippen molar-refractivity contribution in [3.05, 3.63) is 65.2 Å². The summed E-state index contributed by atoms with van der Waals surface area (Å²) in [5, 5.41) is 7.54. The highest BCUT2D eigenvalue weighted by molar-refractivity contribution is 5.96. The van der Waals surface area contributed by atoms with Gasteiger partial charge in [0, 0.05) is 0 Å². The molecule has 0 radical (unpaired) electrons. The van der Waals surface area contributed by atoms with E-state index in [2.05, 4.69) is 16.4 Å². The van der Waals surface area contributed by atoms with E-state index in [1.165, 1.54) is 12.1 Å². The molecule has 0 saturated heterocycles. The molecule has 0 heterocycles. The van der Waals surface area contributed by atoms with Gasteiger partial charge in [-0.05, 0) is 24.3 Å². The van der Waals surface area contributed by atoms with Crippen molar-refractivity contribution < 1.29 is 22.0 Å². The molecule has 0 unspecified atom stereocenters. The Hall–Kier alpha value is -2.68. The largest absolute Gasteiger partial charge is 0.418 e. The number of halogens is 5. The number of alkyl halides is 3. The molecule has 2 aromatic carbocycles. The maximum absolute atomic E-state index is 13.5. The molecule has 0 amide bonds. The van der Waals surface area contributed by atoms with Crippen LogP contribution in [-0.4, -0.2) is 5.84 Å². The van der Waals surface area contributed by atoms with Gasteiger partial charge in [-0.3, -0.25) is 10.8 Å². The van der Waals surface area contributed by atoms with E-state index in [0.717, 1.165) is 30.3 Å². The molecule has 23 heavy (non-hydrogen) atoms. The second-order valence-corrected chi connectivity index (χ2v) is 4.39. The Kier molecular flexibility index (Phi) is 4.80. The lowest BCUT2D eigenvalue weighted by Gasteiger charge is -2.16. The number of rotatable bonds is 4. The summed E-state index contributed by atoms with van der Waals surface area (Å²) < 4.78 is 65.2. The molecule has 122 valence electrons. The monoisotopic (exact) mass is 330 g/mol. The molecule has 0 atom stereocenters. The molecule has 0 spiro atoms. The van der Waals surface area contributed by atoms with Crippen LogP contribution in [0.3, 0.4) is 0 Å². The number of para-hydroxylation sites is 1. The highest BCUT2D eigenvalue weighted by Crippen LogP contribution is 2.34. The quantitative estimate of drug-likeness (QED) is 0.301. The van der Waals surface area contributed by atoms with E-state index in [9.17, 15) is 22.0 Å². The highest BCUT2D eigenvalue weighted by Gasteiger charge is 2.33. The fourth-order valence-electron chi connectivity index (χ4n) is 1.80. The summed E-state index contributed by atoms with van der Waals surface area (Å²) in [6.07, 6.45) is -4.57. The van der Waals surface area contributed by atoms with Crippen molar-refractivity contribution in [3.63, 3.8) is 0 Å². The van der Waals surface area contributed by atoms with Crippen molar-refractivity contribution in [1.29, 1.82) is 5.41 Å². The van der Waals surface area contributed by atoms with Gasteiger partial charge in [0.15, 0.2) is 0 Å². The first-order valence-electron chi connectivity index (χ1n) is 6.27. The maximum atomic E-state index is 13.5. The molecule has 0 saturated carbocycles. The minimum absolute atomic E-state index is 0.311. The van der Waals surface area contributed by atoms with E-state index in [1.807, 2.05) is 0 Å². The summed E-state index contributed by atoms with van der Waals surface area (Å²) in [5.41, 5.74) is 4.51. The zero-order valence-corrected chi connectivity index (χ0v) is 11.4. The van der Waals surface area contributed by atoms with E-state index in [4.69, 9.17) is 5.41 Å². The third-order valence-electron chi connectivity index (χ3n) is 2.83. The third kappa shape index (κ3) is 3.95. The molecular formula is C14H11F5N4. The van der Waals surface area contributed by atoms with Gasteiger partial charge in [0.25, 0.3) is 0 Å². The van der Waals surface area contributed by atoms with Gasteiger partial charge in [-0.1, -0.05) is 18.2 Å². The van der Waals surface area contributed by atoms with E-state index >= 15 is 0 Å². The molecule has 2 aromatic rings. The average Bonchev–Trinajstić information content (AvgIpc) is 2.46. The first-order valence-corrected chi connectivity index (χ1v) is 6.27. The predicted octanol–water partition coefficient (Wildman–Crippen LogP) is 3.43. The van der Waals surface area contributed by atoms with Gasteiger partial charge in [0.05, 0.1) is 16.8 Å². The molecular weight excluding hydrogens is 319 g/mol. The Balaban J connectivity index is 2.05. The zero-order chi connectivity index (χ0) is 17.0. The van der Waals surface area contributed by atoms with Crippen molar-refractivity contribution in [3.8, 4) is 0 Å². The van der Waals surface area contributed by atoms with Crippen molar-refractivity contribution >= 4 is 11.5 Å². The van der Waals surface area contributed by atoms with E-state index < -0.39 is 34.8 Å². The van der Waals surface area contributed by atoms with Crippen molar-refractivity contribution in [2.24, 2.45) is 0 Å². The SMILES string of the molecule is N=C(NNNc1ccccc1C(F)(F)F)c1c(F)cccc1F. The topological polar surface area (TPSA) is 59.9 Å². The Bertz CT molecular complexity index is 694. The van der Waals surface area contributed by atoms with Gasteiger partial charge in [0.2, 0.25) is 0 Å². The maximum Gasteiger partial charge on any atom is 0.418 e. The third-order valence-corrected chi connectivity index (χ3v) is 2.83. The summed E-state index contributed by atoms with van der Waals surface area (Å²) >= 11 is 0. The average molecular weight is 330 g/mol. The lowest BCUT2D eigenvalue weighted by molar-refractivity contribution is -0.137. The molecule has 9 heteroatoms. The summed E-state index contributed by atoms with van der Waals surface area (Å²) in [7, 11) is 0. The Labute approximate surface area is 127 Å². The molecule has 2 rings (SSSR count). The van der Waals surface area contributed by atoms with Gasteiger partial charge in [-0.25, -0.2) is 8.78 Å². The molecule has 4 N–H and O–H groups in total. The molecule has 0 aliphatic carbocycles. The van der Waals surface area contributed by atoms with Gasteiger partial charge in [-0.2, -0.15) is 13.2 Å². The van der Waals surface area contributed by atoms with E-state index in [0.29, 0.717) is 0 Å². The van der Waals surface area contributed by atoms with Gasteiger partial charge >= 0.3 is 6.18 Å². The van der Waals surface area contributed by atoms with Crippen LogP contribution in [0.4, 0.5) is 27.6 Å². The van der Waals surface area contributed by atoms with Crippen molar-refractivity contribution in [2.45, 2.75) is 6.18 Å². The fraction of sp³-hybridized carbons (Fsp3) is 0.0714. The predicted molar refractivity (Wildman–Crippen MR) is 74.5 cm³/mol. The lowest BCUT2D eigenvalue weighted by Crippen LogP contribution is -2.42. The standard InChI is InChI=1S/C14H11F5N4/c15-9-5-3-6-10(16)12(9)13(20)22-23-21-11-7-2-1-4-8(11)14(17,18)19/h1-7,21,23H,(H2,20,22). The van der Waals surface area contributed by atoms with Crippen LogP contribution in [0.15, 0.2) is 42.5 Å². The smallest absolute Gasteiger partial charge is 0.303 e. The van der Waals surface area contributed by atoms with Crippen LogP contribution in [0, 0.1) is 17.0 Å². The highest BCUT2D eigenvalue weighted by atomic mass is 19.4. The summed E-state index contributed by atoms with van der Waals surface area (Å²) in [5.74, 6) is -2.63. The minimum Gasteiger partial charge on any atom is -0.303 e. The van der Waals surface area contributed by atoms with Gasteiger partial charge in [-0.15, -0.1) is 5.53 Å². The molecule has 0 aromatic heterocycles. The van der Waals surface area contributed by atoms with Crippen LogP contribution >= 0.6 is 0 Å². The molecule has 0 fully saturated rings. The van der Waals surface area contributed by atoms with Crippen molar-refractivity contribution in [2.75, 3.05) is 5.43 Å². The van der Waals surface area contributed by atoms with Crippen LogP contribution in [0.1, 0.15) is 11.1 Å². The van der Waals surface area contributed by atoms with Crippen LogP contribution in [0.5, 0.6) is 0 Å². The zero-order valence-electron chi connectivity index (χ0n) is 11.4. The molecule has 0 aliphatic heterocycles. The van der Waals surface area contributed by atoms with Gasteiger partial charge in [0.1, 0.15) is 17.5 Å². The molecule has 0 aliphatic rings. The van der Waals surface area contributed by atoms with E-state index in [-0.39, 0.29) is 5.69 Å². The van der Waals surface area contributed by atoms with Crippen LogP contribution < -0.4 is 16.4 Å². The molecule has 4 nitrogen and oxygen atoms in total. The fourth-order valence-corrected chi connectivity index (χ4v) is 1.80. The number of hydrazine groups is 2. The first-order chi connectivity index (χ1) is 10.8. The first kappa shape index (κ1) is 16.7. The lowest BCUT2D eigenvalue weighted by atomic mass is 10.2. The summed E-state index contributed by atoms with van der Waals surface area (Å²) in [4.78, 5) is 0.